The van der Waals surface area contributed by atoms with Gasteiger partial charge in [0.2, 0.25) is 0 Å². The molecule has 20 heavy (non-hydrogen) atoms. The van der Waals surface area contributed by atoms with Crippen LogP contribution in [0.4, 0.5) is 0 Å². The largest absolute Gasteiger partial charge is 0.394 e. The van der Waals surface area contributed by atoms with Gasteiger partial charge >= 0.3 is 0 Å². The maximum absolute atomic E-state index is 9.82. The van der Waals surface area contributed by atoms with E-state index in [-0.39, 0.29) is 12.1 Å². The van der Waals surface area contributed by atoms with Crippen LogP contribution in [-0.4, -0.2) is 38.8 Å². The summed E-state index contributed by atoms with van der Waals surface area (Å²) in [6.45, 7) is 5.44. The third-order valence-corrected chi connectivity index (χ3v) is 5.46. The van der Waals surface area contributed by atoms with Crippen molar-refractivity contribution in [2.75, 3.05) is 13.2 Å². The van der Waals surface area contributed by atoms with Crippen LogP contribution < -0.4 is 5.32 Å². The summed E-state index contributed by atoms with van der Waals surface area (Å²) >= 11 is 1.91. The molecular formula is C15H27N3OS. The van der Waals surface area contributed by atoms with E-state index in [0.29, 0.717) is 5.25 Å². The molecule has 4 nitrogen and oxygen atoms in total. The second-order valence-electron chi connectivity index (χ2n) is 5.95. The quantitative estimate of drug-likeness (QED) is 0.847. The molecule has 2 N–H and O–H groups in total. The zero-order chi connectivity index (χ0) is 14.6. The molecule has 0 bridgehead atoms. The van der Waals surface area contributed by atoms with E-state index in [9.17, 15) is 5.11 Å². The van der Waals surface area contributed by atoms with Crippen LogP contribution in [-0.2, 0) is 7.05 Å². The van der Waals surface area contributed by atoms with Crippen LogP contribution >= 0.6 is 11.8 Å². The van der Waals surface area contributed by atoms with Crippen molar-refractivity contribution >= 4 is 11.8 Å². The van der Waals surface area contributed by atoms with Gasteiger partial charge in [-0.15, -0.1) is 11.8 Å². The molecule has 1 aromatic heterocycles. The Hall–Kier alpha value is -0.520. The highest BCUT2D eigenvalue weighted by atomic mass is 32.2. The Kier molecular flexibility index (Phi) is 5.52. The number of hydrogen-bond donors (Lipinski definition) is 2. The van der Waals surface area contributed by atoms with E-state index in [2.05, 4.69) is 23.4 Å². The lowest BCUT2D eigenvalue weighted by molar-refractivity contribution is 0.124. The van der Waals surface area contributed by atoms with Gasteiger partial charge in [0, 0.05) is 17.8 Å². The highest BCUT2D eigenvalue weighted by Crippen LogP contribution is 2.38. The second kappa shape index (κ2) is 6.96. The first-order valence-corrected chi connectivity index (χ1v) is 8.50. The fourth-order valence-corrected chi connectivity index (χ4v) is 4.49. The number of nitrogens with zero attached hydrogens (tertiary/aromatic N) is 2. The molecule has 0 aromatic carbocycles. The molecule has 1 fully saturated rings. The van der Waals surface area contributed by atoms with Crippen molar-refractivity contribution in [3.63, 3.8) is 0 Å². The van der Waals surface area contributed by atoms with Crippen molar-refractivity contribution < 1.29 is 5.11 Å². The Morgan fingerprint density at radius 3 is 3.00 bits per heavy atom. The highest BCUT2D eigenvalue weighted by molar-refractivity contribution is 7.99. The first-order chi connectivity index (χ1) is 9.58. The van der Waals surface area contributed by atoms with Gasteiger partial charge in [-0.1, -0.05) is 13.3 Å². The summed E-state index contributed by atoms with van der Waals surface area (Å²) in [7, 11) is 2.01. The van der Waals surface area contributed by atoms with Crippen molar-refractivity contribution in [3.05, 3.63) is 11.8 Å². The normalized spacial score (nSPS) is 26.9. The molecule has 2 rings (SSSR count). The van der Waals surface area contributed by atoms with Crippen molar-refractivity contribution in [1.29, 1.82) is 0 Å². The van der Waals surface area contributed by atoms with Crippen LogP contribution in [0, 0.1) is 6.92 Å². The molecule has 0 saturated heterocycles. The van der Waals surface area contributed by atoms with Gasteiger partial charge < -0.3 is 10.4 Å². The smallest absolute Gasteiger partial charge is 0.0942 e. The Morgan fingerprint density at radius 2 is 2.40 bits per heavy atom. The Bertz CT molecular complexity index is 435. The zero-order valence-corrected chi connectivity index (χ0v) is 13.7. The summed E-state index contributed by atoms with van der Waals surface area (Å²) in [6.07, 6.45) is 5.65. The van der Waals surface area contributed by atoms with Crippen LogP contribution in [0.2, 0.25) is 0 Å². The summed E-state index contributed by atoms with van der Waals surface area (Å²) in [6, 6.07) is 2.15. The predicted octanol–water partition coefficient (Wildman–Crippen LogP) is 2.49. The summed E-state index contributed by atoms with van der Waals surface area (Å²) in [5.74, 6) is 0. The molecule has 2 unspecified atom stereocenters. The molecule has 0 amide bonds. The fourth-order valence-electron chi connectivity index (χ4n) is 3.03. The maximum atomic E-state index is 9.82. The van der Waals surface area contributed by atoms with E-state index in [1.54, 1.807) is 0 Å². The topological polar surface area (TPSA) is 50.1 Å². The van der Waals surface area contributed by atoms with Gasteiger partial charge in [0.1, 0.15) is 0 Å². The number of rotatable bonds is 6. The molecule has 1 heterocycles. The summed E-state index contributed by atoms with van der Waals surface area (Å²) in [4.78, 5) is 0. The zero-order valence-electron chi connectivity index (χ0n) is 12.9. The van der Waals surface area contributed by atoms with Crippen LogP contribution in [0.25, 0.3) is 0 Å². The van der Waals surface area contributed by atoms with E-state index in [1.165, 1.54) is 17.9 Å². The van der Waals surface area contributed by atoms with Gasteiger partial charge in [-0.3, -0.25) is 4.68 Å². The minimum atomic E-state index is -0.0699. The van der Waals surface area contributed by atoms with E-state index in [4.69, 9.17) is 0 Å². The van der Waals surface area contributed by atoms with Crippen molar-refractivity contribution in [3.8, 4) is 0 Å². The Labute approximate surface area is 126 Å². The van der Waals surface area contributed by atoms with Gasteiger partial charge in [0.25, 0.3) is 0 Å². The first-order valence-electron chi connectivity index (χ1n) is 7.62. The lowest BCUT2D eigenvalue weighted by Crippen LogP contribution is -2.52. The molecule has 0 aliphatic heterocycles. The third kappa shape index (κ3) is 3.77. The molecular weight excluding hydrogens is 270 g/mol. The van der Waals surface area contributed by atoms with Gasteiger partial charge in [0.05, 0.1) is 17.3 Å². The molecule has 1 saturated carbocycles. The summed E-state index contributed by atoms with van der Waals surface area (Å²) in [5.41, 5.74) is 1.00. The van der Waals surface area contributed by atoms with Crippen molar-refractivity contribution in [2.24, 2.45) is 7.05 Å². The van der Waals surface area contributed by atoms with Crippen molar-refractivity contribution in [2.45, 2.75) is 61.8 Å². The van der Waals surface area contributed by atoms with Gasteiger partial charge in [0.15, 0.2) is 0 Å². The molecule has 5 heteroatoms. The number of hydrogen-bond acceptors (Lipinski definition) is 4. The number of aliphatic hydroxyl groups excluding tert-OH is 1. The lowest BCUT2D eigenvalue weighted by Gasteiger charge is -2.40. The number of thioether (sulfide) groups is 1. The van der Waals surface area contributed by atoms with E-state index >= 15 is 0 Å². The van der Waals surface area contributed by atoms with Crippen molar-refractivity contribution in [1.82, 2.24) is 15.1 Å². The van der Waals surface area contributed by atoms with Gasteiger partial charge in [-0.25, -0.2) is 0 Å². The molecule has 0 spiro atoms. The monoisotopic (exact) mass is 297 g/mol. The molecule has 114 valence electrons. The van der Waals surface area contributed by atoms with Crippen LogP contribution in [0.15, 0.2) is 11.1 Å². The molecule has 2 atom stereocenters. The standard InChI is InChI=1S/C15H27N3OS/c1-4-8-16-15(11-19)7-5-6-13(10-15)20-14-9-12(2)17-18(14)3/h9,13,16,19H,4-8,10-11H2,1-3H3. The fraction of sp³-hybridized carbons (Fsp3) is 0.800. The Balaban J connectivity index is 2.00. The average Bonchev–Trinajstić information content (AvgIpc) is 2.75. The van der Waals surface area contributed by atoms with E-state index in [0.717, 1.165) is 31.5 Å². The first kappa shape index (κ1) is 15.9. The molecule has 1 aromatic rings. The van der Waals surface area contributed by atoms with Gasteiger partial charge in [-0.05, 0) is 45.2 Å². The van der Waals surface area contributed by atoms with Crippen LogP contribution in [0.3, 0.4) is 0 Å². The SMILES string of the molecule is CCCNC1(CO)CCCC(Sc2cc(C)nn2C)C1. The minimum Gasteiger partial charge on any atom is -0.394 e. The minimum absolute atomic E-state index is 0.0699. The predicted molar refractivity (Wildman–Crippen MR) is 84.2 cm³/mol. The average molecular weight is 297 g/mol. The molecule has 0 radical (unpaired) electrons. The molecule has 1 aliphatic carbocycles. The van der Waals surface area contributed by atoms with E-state index < -0.39 is 0 Å². The van der Waals surface area contributed by atoms with Gasteiger partial charge in [-0.2, -0.15) is 5.10 Å². The lowest BCUT2D eigenvalue weighted by atomic mass is 9.82. The van der Waals surface area contributed by atoms with E-state index in [1.807, 2.05) is 30.4 Å². The number of nitrogens with one attached hydrogen (secondary N) is 1. The number of aromatic nitrogens is 2. The highest BCUT2D eigenvalue weighted by Gasteiger charge is 2.35. The second-order valence-corrected chi connectivity index (χ2v) is 7.27. The van der Waals surface area contributed by atoms with Crippen LogP contribution in [0.1, 0.15) is 44.7 Å². The number of aliphatic hydroxyl groups is 1. The third-order valence-electron chi connectivity index (χ3n) is 4.10. The molecule has 1 aliphatic rings. The Morgan fingerprint density at radius 1 is 1.60 bits per heavy atom. The van der Waals surface area contributed by atoms with Crippen LogP contribution in [0.5, 0.6) is 0 Å². The summed E-state index contributed by atoms with van der Waals surface area (Å²) in [5, 5.41) is 19.6. The number of aryl methyl sites for hydroxylation is 2. The maximum Gasteiger partial charge on any atom is 0.0942 e. The summed E-state index contributed by atoms with van der Waals surface area (Å²) < 4.78 is 1.97.